The number of aromatic hydroxyl groups is 2. The van der Waals surface area contributed by atoms with E-state index < -0.39 is 8.32 Å². The fourth-order valence-electron chi connectivity index (χ4n) is 4.11. The molecule has 0 unspecified atom stereocenters. The molecule has 0 atom stereocenters. The largest absolute Gasteiger partial charge is 0.543 e. The molecule has 0 aliphatic carbocycles. The van der Waals surface area contributed by atoms with Crippen molar-refractivity contribution in [1.82, 2.24) is 0 Å². The Balaban J connectivity index is 2.20. The first-order valence-electron chi connectivity index (χ1n) is 9.65. The van der Waals surface area contributed by atoms with Crippen molar-refractivity contribution >= 4 is 20.5 Å². The molecule has 2 rings (SSSR count). The predicted octanol–water partition coefficient (Wildman–Crippen LogP) is 6.82. The summed E-state index contributed by atoms with van der Waals surface area (Å²) in [5, 5.41) is 19.1. The molecule has 0 spiro atoms. The van der Waals surface area contributed by atoms with Gasteiger partial charge in [0.05, 0.1) is 0 Å². The van der Waals surface area contributed by atoms with Crippen LogP contribution in [0.25, 0.3) is 12.2 Å². The van der Waals surface area contributed by atoms with E-state index in [9.17, 15) is 10.2 Å². The highest BCUT2D eigenvalue weighted by Crippen LogP contribution is 2.42. The second-order valence-corrected chi connectivity index (χ2v) is 13.5. The van der Waals surface area contributed by atoms with Gasteiger partial charge in [-0.05, 0) is 52.0 Å². The molecule has 0 saturated carbocycles. The van der Waals surface area contributed by atoms with Crippen molar-refractivity contribution in [3.8, 4) is 17.2 Å². The number of phenolic OH excluding ortho intramolecular Hbond substituents is 2. The van der Waals surface area contributed by atoms with Gasteiger partial charge in [-0.3, -0.25) is 0 Å². The highest BCUT2D eigenvalue weighted by Gasteiger charge is 2.46. The van der Waals surface area contributed by atoms with Crippen LogP contribution in [0.5, 0.6) is 17.2 Å². The van der Waals surface area contributed by atoms with Gasteiger partial charge < -0.3 is 14.6 Å². The van der Waals surface area contributed by atoms with Crippen molar-refractivity contribution in [2.24, 2.45) is 0 Å². The summed E-state index contributed by atoms with van der Waals surface area (Å²) in [4.78, 5) is 0. The third kappa shape index (κ3) is 4.95. The lowest BCUT2D eigenvalue weighted by atomic mass is 10.1. The molecular weight excluding hydrogens is 352 g/mol. The van der Waals surface area contributed by atoms with Gasteiger partial charge in [0.2, 0.25) is 0 Å². The molecule has 3 nitrogen and oxygen atoms in total. The summed E-state index contributed by atoms with van der Waals surface area (Å²) < 4.78 is 6.68. The molecule has 0 saturated heterocycles. The van der Waals surface area contributed by atoms with Gasteiger partial charge in [0.1, 0.15) is 17.2 Å². The van der Waals surface area contributed by atoms with Crippen molar-refractivity contribution in [2.75, 3.05) is 0 Å². The van der Waals surface area contributed by atoms with Crippen LogP contribution in [0, 0.1) is 0 Å². The topological polar surface area (TPSA) is 49.7 Å². The first kappa shape index (κ1) is 21.1. The minimum Gasteiger partial charge on any atom is -0.543 e. The molecule has 0 aliphatic rings. The lowest BCUT2D eigenvalue weighted by Gasteiger charge is -2.42. The van der Waals surface area contributed by atoms with E-state index >= 15 is 0 Å². The summed E-state index contributed by atoms with van der Waals surface area (Å²) >= 11 is 0. The Bertz CT molecular complexity index is 735. The Morgan fingerprint density at radius 2 is 1.15 bits per heavy atom. The van der Waals surface area contributed by atoms with Crippen molar-refractivity contribution < 1.29 is 14.6 Å². The second-order valence-electron chi connectivity index (χ2n) is 8.10. The summed E-state index contributed by atoms with van der Waals surface area (Å²) in [5.41, 5.74) is 3.40. The fraction of sp³-hybridized carbons (Fsp3) is 0.391. The second kappa shape index (κ2) is 8.66. The molecular formula is C23H32O3Si. The summed E-state index contributed by atoms with van der Waals surface area (Å²) in [5.74, 6) is 1.04. The number of phenols is 2. The molecule has 0 amide bonds. The van der Waals surface area contributed by atoms with Gasteiger partial charge in [0.15, 0.2) is 0 Å². The molecule has 4 heteroatoms. The Morgan fingerprint density at radius 3 is 1.59 bits per heavy atom. The van der Waals surface area contributed by atoms with E-state index in [1.54, 1.807) is 12.1 Å². The average molecular weight is 385 g/mol. The van der Waals surface area contributed by atoms with Crippen LogP contribution in [0.1, 0.15) is 52.7 Å². The Hall–Kier alpha value is -2.20. The van der Waals surface area contributed by atoms with Crippen LogP contribution in [-0.4, -0.2) is 18.5 Å². The van der Waals surface area contributed by atoms with Gasteiger partial charge in [0, 0.05) is 6.07 Å². The van der Waals surface area contributed by atoms with Crippen molar-refractivity contribution in [3.05, 3.63) is 53.6 Å². The van der Waals surface area contributed by atoms with Gasteiger partial charge in [-0.25, -0.2) is 0 Å². The van der Waals surface area contributed by atoms with E-state index in [0.29, 0.717) is 16.6 Å². The third-order valence-electron chi connectivity index (χ3n) is 5.27. The van der Waals surface area contributed by atoms with E-state index in [1.165, 1.54) is 6.07 Å². The molecule has 0 heterocycles. The van der Waals surface area contributed by atoms with Crippen LogP contribution in [0.15, 0.2) is 42.5 Å². The zero-order valence-corrected chi connectivity index (χ0v) is 18.2. The molecule has 0 fully saturated rings. The van der Waals surface area contributed by atoms with Gasteiger partial charge in [0.25, 0.3) is 8.32 Å². The van der Waals surface area contributed by atoms with Crippen LogP contribution in [0.2, 0.25) is 16.6 Å². The van der Waals surface area contributed by atoms with E-state index in [4.69, 9.17) is 4.43 Å². The third-order valence-corrected chi connectivity index (χ3v) is 11.3. The maximum Gasteiger partial charge on any atom is 0.258 e. The summed E-state index contributed by atoms with van der Waals surface area (Å²) in [6, 6.07) is 12.7. The standard InChI is InChI=1S/C23H32O3Si/c1-16(2)27(17(3)4,18(5)6)26-23-11-9-19(10-12-23)7-8-20-13-21(24)15-22(25)14-20/h7-18,24-25H,1-6H3/b8-7+. The Kier molecular flexibility index (Phi) is 6.77. The van der Waals surface area contributed by atoms with E-state index in [0.717, 1.165) is 16.9 Å². The SMILES string of the molecule is CC(C)[Si](Oc1ccc(/C=C/c2cc(O)cc(O)c2)cc1)(C(C)C)C(C)C. The lowest BCUT2D eigenvalue weighted by molar-refractivity contribution is 0.450. The molecule has 2 aromatic rings. The maximum absolute atomic E-state index is 9.56. The molecule has 0 aliphatic heterocycles. The first-order valence-corrected chi connectivity index (χ1v) is 11.8. The zero-order chi connectivity index (χ0) is 20.2. The van der Waals surface area contributed by atoms with E-state index in [-0.39, 0.29) is 11.5 Å². The minimum absolute atomic E-state index is 0.0516. The summed E-state index contributed by atoms with van der Waals surface area (Å²) in [6.45, 7) is 13.7. The van der Waals surface area contributed by atoms with Crippen LogP contribution in [-0.2, 0) is 0 Å². The van der Waals surface area contributed by atoms with Crippen LogP contribution in [0.3, 0.4) is 0 Å². The van der Waals surface area contributed by atoms with Crippen LogP contribution >= 0.6 is 0 Å². The first-order chi connectivity index (χ1) is 12.6. The molecule has 27 heavy (non-hydrogen) atoms. The van der Waals surface area contributed by atoms with Gasteiger partial charge >= 0.3 is 0 Å². The molecule has 2 aromatic carbocycles. The van der Waals surface area contributed by atoms with Gasteiger partial charge in [-0.1, -0.05) is 65.8 Å². The average Bonchev–Trinajstić information content (AvgIpc) is 2.57. The number of hydrogen-bond donors (Lipinski definition) is 2. The zero-order valence-electron chi connectivity index (χ0n) is 17.2. The van der Waals surface area contributed by atoms with E-state index in [2.05, 4.69) is 41.5 Å². The van der Waals surface area contributed by atoms with Crippen LogP contribution < -0.4 is 4.43 Å². The highest BCUT2D eigenvalue weighted by atomic mass is 28.4. The summed E-state index contributed by atoms with van der Waals surface area (Å²) in [6.07, 6.45) is 3.82. The number of hydrogen-bond acceptors (Lipinski definition) is 3. The molecule has 0 aromatic heterocycles. The molecule has 146 valence electrons. The van der Waals surface area contributed by atoms with Gasteiger partial charge in [-0.15, -0.1) is 0 Å². The number of benzene rings is 2. The van der Waals surface area contributed by atoms with Crippen molar-refractivity contribution in [1.29, 1.82) is 0 Å². The molecule has 0 radical (unpaired) electrons. The quantitative estimate of drug-likeness (QED) is 0.406. The monoisotopic (exact) mass is 384 g/mol. The van der Waals surface area contributed by atoms with Crippen molar-refractivity contribution in [3.63, 3.8) is 0 Å². The fourth-order valence-corrected chi connectivity index (χ4v) is 9.36. The predicted molar refractivity (Wildman–Crippen MR) is 117 cm³/mol. The number of rotatable bonds is 7. The normalized spacial score (nSPS) is 12.5. The smallest absolute Gasteiger partial charge is 0.258 e. The van der Waals surface area contributed by atoms with E-state index in [1.807, 2.05) is 36.4 Å². The maximum atomic E-state index is 9.56. The molecule has 0 bridgehead atoms. The Labute approximate surface area is 164 Å². The van der Waals surface area contributed by atoms with Crippen LogP contribution in [0.4, 0.5) is 0 Å². The van der Waals surface area contributed by atoms with Gasteiger partial charge in [-0.2, -0.15) is 0 Å². The molecule has 2 N–H and O–H groups in total. The Morgan fingerprint density at radius 1 is 0.704 bits per heavy atom. The minimum atomic E-state index is -1.94. The highest BCUT2D eigenvalue weighted by molar-refractivity contribution is 6.78. The lowest BCUT2D eigenvalue weighted by Crippen LogP contribution is -2.50. The summed E-state index contributed by atoms with van der Waals surface area (Å²) in [7, 11) is -1.94. The van der Waals surface area contributed by atoms with Crippen molar-refractivity contribution in [2.45, 2.75) is 58.2 Å².